The maximum atomic E-state index is 5.19. The summed E-state index contributed by atoms with van der Waals surface area (Å²) in [6.45, 7) is 0. The van der Waals surface area contributed by atoms with E-state index >= 15 is 0 Å². The largest absolute Gasteiger partial charge is 0.375 e. The van der Waals surface area contributed by atoms with E-state index < -0.39 is 0 Å². The van der Waals surface area contributed by atoms with Crippen molar-refractivity contribution in [3.63, 3.8) is 0 Å². The Morgan fingerprint density at radius 1 is 1.27 bits per heavy atom. The van der Waals surface area contributed by atoms with E-state index in [-0.39, 0.29) is 0 Å². The van der Waals surface area contributed by atoms with Crippen LogP contribution in [0.1, 0.15) is 0 Å². The average molecular weight is 186 g/mol. The highest BCUT2D eigenvalue weighted by molar-refractivity contribution is 7.13. The Bertz CT molecular complexity index is 235. The number of rotatable bonds is 0. The van der Waals surface area contributed by atoms with Gasteiger partial charge in [0.25, 0.3) is 0 Å². The van der Waals surface area contributed by atoms with E-state index in [1.54, 1.807) is 17.2 Å². The predicted octanol–water partition coefficient (Wildman–Crippen LogP) is 1.26. The minimum atomic E-state index is 0.634. The van der Waals surface area contributed by atoms with E-state index in [4.69, 9.17) is 5.73 Å². The first-order chi connectivity index (χ1) is 5.39. The Hall–Kier alpha value is -1.01. The second-order valence-corrected chi connectivity index (χ2v) is 3.07. The summed E-state index contributed by atoms with van der Waals surface area (Å²) in [5.74, 6) is 0. The molecule has 0 radical (unpaired) electrons. The van der Waals surface area contributed by atoms with Crippen molar-refractivity contribution < 1.29 is 0 Å². The van der Waals surface area contributed by atoms with Crippen molar-refractivity contribution in [1.82, 2.24) is 15.2 Å². The highest BCUT2D eigenvalue weighted by atomic mass is 32.1. The number of nitrogens with two attached hydrogens (primary N) is 1. The number of thiazole rings is 1. The monoisotopic (exact) mass is 186 g/mol. The lowest BCUT2D eigenvalue weighted by atomic mass is 11.0. The van der Waals surface area contributed by atoms with Crippen molar-refractivity contribution in [1.29, 1.82) is 0 Å². The highest BCUT2D eigenvalue weighted by Gasteiger charge is 1.76. The molecule has 0 atom stereocenters. The number of hydrogen-bond acceptors (Lipinski definition) is 6. The predicted molar refractivity (Wildman–Crippen MR) is 46.4 cm³/mol. The topological polar surface area (TPSA) is 64.7 Å². The molecule has 0 aliphatic heterocycles. The second-order valence-electron chi connectivity index (χ2n) is 1.45. The molecule has 6 heteroatoms. The minimum Gasteiger partial charge on any atom is -0.375 e. The van der Waals surface area contributed by atoms with Crippen LogP contribution in [0.25, 0.3) is 0 Å². The van der Waals surface area contributed by atoms with Crippen LogP contribution in [0.5, 0.6) is 0 Å². The fourth-order valence-corrected chi connectivity index (χ4v) is 1.03. The molecule has 58 valence electrons. The smallest absolute Gasteiger partial charge is 0.179 e. The molecule has 0 fully saturated rings. The fraction of sp³-hybridized carbons (Fsp3) is 0. The molecule has 0 amide bonds. The second kappa shape index (κ2) is 4.75. The van der Waals surface area contributed by atoms with Gasteiger partial charge in [0.1, 0.15) is 11.0 Å². The summed E-state index contributed by atoms with van der Waals surface area (Å²) in [7, 11) is 0. The number of anilines is 1. The Labute approximate surface area is 71.7 Å². The molecule has 0 saturated heterocycles. The van der Waals surface area contributed by atoms with Crippen molar-refractivity contribution in [2.45, 2.75) is 0 Å². The summed E-state index contributed by atoms with van der Waals surface area (Å²) in [6.07, 6.45) is 1.68. The molecule has 2 N–H and O–H groups in total. The third kappa shape index (κ3) is 3.64. The Kier molecular flexibility index (Phi) is 3.49. The lowest BCUT2D eigenvalue weighted by Gasteiger charge is -1.67. The summed E-state index contributed by atoms with van der Waals surface area (Å²) in [6, 6.07) is 0. The zero-order valence-corrected chi connectivity index (χ0v) is 7.18. The van der Waals surface area contributed by atoms with E-state index in [1.165, 1.54) is 22.7 Å². The highest BCUT2D eigenvalue weighted by Crippen LogP contribution is 2.02. The Morgan fingerprint density at radius 2 is 2.00 bits per heavy atom. The lowest BCUT2D eigenvalue weighted by Crippen LogP contribution is -1.77. The van der Waals surface area contributed by atoms with E-state index in [0.717, 1.165) is 0 Å². The van der Waals surface area contributed by atoms with E-state index in [9.17, 15) is 0 Å². The van der Waals surface area contributed by atoms with Crippen LogP contribution in [0.4, 0.5) is 5.13 Å². The third-order valence-corrected chi connectivity index (χ3v) is 1.77. The number of nitrogen functional groups attached to an aromatic ring is 1. The molecular formula is C5H6N4S2. The summed E-state index contributed by atoms with van der Waals surface area (Å²) in [5.41, 5.74) is 8.55. The van der Waals surface area contributed by atoms with Crippen LogP contribution in [0.2, 0.25) is 0 Å². The van der Waals surface area contributed by atoms with Crippen LogP contribution >= 0.6 is 22.7 Å². The number of aromatic nitrogens is 3. The average Bonchev–Trinajstić information content (AvgIpc) is 2.57. The number of hydrogen-bond donors (Lipinski definition) is 1. The van der Waals surface area contributed by atoms with Gasteiger partial charge < -0.3 is 5.73 Å². The minimum absolute atomic E-state index is 0.634. The molecule has 2 aromatic rings. The number of nitrogens with zero attached hydrogens (tertiary/aromatic N) is 3. The summed E-state index contributed by atoms with van der Waals surface area (Å²) < 4.78 is 0. The van der Waals surface area contributed by atoms with Gasteiger partial charge in [-0.25, -0.2) is 4.98 Å². The molecule has 0 saturated carbocycles. The van der Waals surface area contributed by atoms with E-state index in [1.807, 2.05) is 5.38 Å². The molecular weight excluding hydrogens is 180 g/mol. The maximum Gasteiger partial charge on any atom is 0.179 e. The van der Waals surface area contributed by atoms with Crippen LogP contribution in [0.3, 0.4) is 0 Å². The van der Waals surface area contributed by atoms with E-state index in [0.29, 0.717) is 5.13 Å². The van der Waals surface area contributed by atoms with Gasteiger partial charge >= 0.3 is 0 Å². The molecule has 2 rings (SSSR count). The van der Waals surface area contributed by atoms with Crippen molar-refractivity contribution in [2.24, 2.45) is 0 Å². The summed E-state index contributed by atoms with van der Waals surface area (Å²) >= 11 is 2.94. The molecule has 0 unspecified atom stereocenters. The molecule has 0 aromatic carbocycles. The maximum absolute atomic E-state index is 5.19. The van der Waals surface area contributed by atoms with Gasteiger partial charge in [0.15, 0.2) is 5.13 Å². The van der Waals surface area contributed by atoms with Gasteiger partial charge in [-0.15, -0.1) is 32.9 Å². The van der Waals surface area contributed by atoms with Gasteiger partial charge in [0, 0.05) is 11.6 Å². The molecule has 2 heterocycles. The lowest BCUT2D eigenvalue weighted by molar-refractivity contribution is 1.09. The fourth-order valence-electron chi connectivity index (χ4n) is 0.371. The zero-order valence-electron chi connectivity index (χ0n) is 5.54. The Balaban J connectivity index is 0.000000112. The standard InChI is InChI=1S/C3H4N2S.C2H2N2S/c4-3-5-1-2-6-3;1-3-4-2-5-1/h1-2H,(H2,4,5);1-2H. The molecule has 0 spiro atoms. The quantitative estimate of drug-likeness (QED) is 0.672. The van der Waals surface area contributed by atoms with Crippen LogP contribution in [0.15, 0.2) is 22.6 Å². The molecule has 2 aromatic heterocycles. The van der Waals surface area contributed by atoms with Crippen molar-refractivity contribution >= 4 is 27.8 Å². The van der Waals surface area contributed by atoms with Crippen LogP contribution in [-0.4, -0.2) is 15.2 Å². The van der Waals surface area contributed by atoms with Crippen LogP contribution in [-0.2, 0) is 0 Å². The zero-order chi connectivity index (χ0) is 7.94. The van der Waals surface area contributed by atoms with Gasteiger partial charge in [-0.3, -0.25) is 0 Å². The van der Waals surface area contributed by atoms with Gasteiger partial charge in [-0.2, -0.15) is 0 Å². The summed E-state index contributed by atoms with van der Waals surface area (Å²) in [5, 5.41) is 9.46. The molecule has 4 nitrogen and oxygen atoms in total. The van der Waals surface area contributed by atoms with Crippen LogP contribution in [0, 0.1) is 0 Å². The van der Waals surface area contributed by atoms with E-state index in [2.05, 4.69) is 15.2 Å². The van der Waals surface area contributed by atoms with Crippen LogP contribution < -0.4 is 5.73 Å². The summed E-state index contributed by atoms with van der Waals surface area (Å²) in [4.78, 5) is 3.71. The molecule has 0 aliphatic carbocycles. The van der Waals surface area contributed by atoms with Crippen molar-refractivity contribution in [3.8, 4) is 0 Å². The normalized spacial score (nSPS) is 8.36. The molecule has 0 bridgehead atoms. The van der Waals surface area contributed by atoms with Gasteiger partial charge in [0.05, 0.1) is 0 Å². The SMILES string of the molecule is Nc1nccs1.c1nncs1. The third-order valence-electron chi connectivity index (χ3n) is 0.734. The van der Waals surface area contributed by atoms with Gasteiger partial charge in [-0.05, 0) is 0 Å². The molecule has 11 heavy (non-hydrogen) atoms. The van der Waals surface area contributed by atoms with Crippen molar-refractivity contribution in [3.05, 3.63) is 22.6 Å². The first-order valence-corrected chi connectivity index (χ1v) is 4.55. The van der Waals surface area contributed by atoms with Gasteiger partial charge in [-0.1, -0.05) is 0 Å². The molecule has 0 aliphatic rings. The first kappa shape index (κ1) is 8.09. The van der Waals surface area contributed by atoms with Crippen molar-refractivity contribution in [2.75, 3.05) is 5.73 Å². The first-order valence-electron chi connectivity index (χ1n) is 2.73. The Morgan fingerprint density at radius 3 is 2.18 bits per heavy atom. The van der Waals surface area contributed by atoms with Gasteiger partial charge in [0.2, 0.25) is 0 Å².